The summed E-state index contributed by atoms with van der Waals surface area (Å²) in [4.78, 5) is 0. The quantitative estimate of drug-likeness (QED) is 0.322. The fourth-order valence-corrected chi connectivity index (χ4v) is 3.73. The van der Waals surface area contributed by atoms with Gasteiger partial charge >= 0.3 is 0 Å². The van der Waals surface area contributed by atoms with E-state index in [2.05, 4.69) is 16.6 Å². The van der Waals surface area contributed by atoms with Crippen molar-refractivity contribution in [1.82, 2.24) is 4.57 Å². The smallest absolute Gasteiger partial charge is 0.237 e. The molecule has 1 N–H and O–H groups in total. The van der Waals surface area contributed by atoms with Gasteiger partial charge in [0.15, 0.2) is 0 Å². The van der Waals surface area contributed by atoms with E-state index in [4.69, 9.17) is 10.5 Å². The minimum absolute atomic E-state index is 0.325. The van der Waals surface area contributed by atoms with Crippen LogP contribution in [0.5, 0.6) is 0 Å². The third-order valence-electron chi connectivity index (χ3n) is 5.15. The molecule has 4 rings (SSSR count). The fraction of sp³-hybridized carbons (Fsp3) is 0.0370. The summed E-state index contributed by atoms with van der Waals surface area (Å²) in [5, 5.41) is 32.4. The predicted octanol–water partition coefficient (Wildman–Crippen LogP) is 5.56. The Morgan fingerprint density at radius 3 is 1.85 bits per heavy atom. The first-order valence-corrected chi connectivity index (χ1v) is 10.2. The minimum atomic E-state index is -0.325. The van der Waals surface area contributed by atoms with Crippen molar-refractivity contribution in [3.63, 3.8) is 0 Å². The SMILES string of the molecule is N#CC(C#N)=NNc1c(C#N)c(-c2ccccc2)c(-c2ccccc2)n1Cc1ccccc1. The Morgan fingerprint density at radius 1 is 0.758 bits per heavy atom. The van der Waals surface area contributed by atoms with E-state index in [1.165, 1.54) is 0 Å². The van der Waals surface area contributed by atoms with Gasteiger partial charge in [0.1, 0.15) is 29.6 Å². The van der Waals surface area contributed by atoms with Crippen molar-refractivity contribution in [3.8, 4) is 40.6 Å². The maximum atomic E-state index is 10.2. The number of hydrogen-bond donors (Lipinski definition) is 1. The number of aromatic nitrogens is 1. The third-order valence-corrected chi connectivity index (χ3v) is 5.15. The minimum Gasteiger partial charge on any atom is -0.320 e. The summed E-state index contributed by atoms with van der Waals surface area (Å²) in [5.41, 5.74) is 7.34. The van der Waals surface area contributed by atoms with Gasteiger partial charge in [-0.05, 0) is 16.7 Å². The van der Waals surface area contributed by atoms with E-state index in [-0.39, 0.29) is 5.71 Å². The van der Waals surface area contributed by atoms with Crippen LogP contribution >= 0.6 is 0 Å². The molecule has 4 aromatic rings. The van der Waals surface area contributed by atoms with Crippen molar-refractivity contribution in [3.05, 3.63) is 102 Å². The molecular weight excluding hydrogens is 408 g/mol. The highest BCUT2D eigenvalue weighted by molar-refractivity contribution is 6.10. The first kappa shape index (κ1) is 21.1. The average molecular weight is 426 g/mol. The van der Waals surface area contributed by atoms with Crippen molar-refractivity contribution < 1.29 is 0 Å². The molecule has 6 heteroatoms. The van der Waals surface area contributed by atoms with Gasteiger partial charge in [0, 0.05) is 12.1 Å². The summed E-state index contributed by atoms with van der Waals surface area (Å²) in [6.45, 7) is 0.457. The number of hydrazone groups is 1. The van der Waals surface area contributed by atoms with E-state index in [0.29, 0.717) is 17.9 Å². The molecule has 0 saturated heterocycles. The highest BCUT2D eigenvalue weighted by Gasteiger charge is 2.25. The molecule has 0 bridgehead atoms. The molecule has 0 amide bonds. The number of nitrogens with one attached hydrogen (secondary N) is 1. The Morgan fingerprint density at radius 2 is 1.30 bits per heavy atom. The van der Waals surface area contributed by atoms with Crippen molar-refractivity contribution >= 4 is 11.5 Å². The lowest BCUT2D eigenvalue weighted by molar-refractivity contribution is 0.817. The second-order valence-corrected chi connectivity index (χ2v) is 7.16. The number of anilines is 1. The van der Waals surface area contributed by atoms with Crippen LogP contribution in [0.2, 0.25) is 0 Å². The van der Waals surface area contributed by atoms with Crippen LogP contribution in [-0.4, -0.2) is 10.3 Å². The highest BCUT2D eigenvalue weighted by Crippen LogP contribution is 2.42. The summed E-state index contributed by atoms with van der Waals surface area (Å²) < 4.78 is 1.97. The van der Waals surface area contributed by atoms with Gasteiger partial charge < -0.3 is 4.57 Å². The standard InChI is InChI=1S/C27H18N6/c28-16-23(17-29)31-32-27-24(18-30)25(21-12-6-2-7-13-21)26(22-14-8-3-9-15-22)33(27)19-20-10-4-1-5-11-20/h1-15,32H,19H2. The van der Waals surface area contributed by atoms with Crippen LogP contribution in [0.25, 0.3) is 22.4 Å². The van der Waals surface area contributed by atoms with Crippen LogP contribution in [0, 0.1) is 34.0 Å². The van der Waals surface area contributed by atoms with Crippen LogP contribution in [0.1, 0.15) is 11.1 Å². The van der Waals surface area contributed by atoms with Crippen molar-refractivity contribution in [2.45, 2.75) is 6.54 Å². The summed E-state index contributed by atoms with van der Waals surface area (Å²) >= 11 is 0. The van der Waals surface area contributed by atoms with Crippen LogP contribution < -0.4 is 5.43 Å². The number of nitriles is 3. The number of benzene rings is 3. The summed E-state index contributed by atoms with van der Waals surface area (Å²) in [6, 6.07) is 35.2. The third kappa shape index (κ3) is 4.35. The van der Waals surface area contributed by atoms with E-state index in [9.17, 15) is 5.26 Å². The zero-order chi connectivity index (χ0) is 23.0. The molecule has 0 spiro atoms. The lowest BCUT2D eigenvalue weighted by Crippen LogP contribution is -2.08. The largest absolute Gasteiger partial charge is 0.320 e. The Bertz CT molecular complexity index is 1400. The van der Waals surface area contributed by atoms with E-state index in [0.717, 1.165) is 27.9 Å². The zero-order valence-corrected chi connectivity index (χ0v) is 17.6. The van der Waals surface area contributed by atoms with Crippen LogP contribution in [-0.2, 0) is 6.54 Å². The van der Waals surface area contributed by atoms with Gasteiger partial charge in [-0.1, -0.05) is 91.0 Å². The molecule has 0 radical (unpaired) electrons. The fourth-order valence-electron chi connectivity index (χ4n) is 3.73. The molecule has 0 aliphatic heterocycles. The number of nitrogens with zero attached hydrogens (tertiary/aromatic N) is 5. The van der Waals surface area contributed by atoms with E-state index >= 15 is 0 Å². The van der Waals surface area contributed by atoms with E-state index in [1.54, 1.807) is 12.1 Å². The molecule has 1 aromatic heterocycles. The van der Waals surface area contributed by atoms with Gasteiger partial charge in [-0.3, -0.25) is 5.43 Å². The molecule has 6 nitrogen and oxygen atoms in total. The summed E-state index contributed by atoms with van der Waals surface area (Å²) in [6.07, 6.45) is 0. The molecule has 0 aliphatic rings. The highest BCUT2D eigenvalue weighted by atomic mass is 15.3. The molecule has 156 valence electrons. The van der Waals surface area contributed by atoms with Crippen molar-refractivity contribution in [2.24, 2.45) is 5.10 Å². The molecule has 0 aliphatic carbocycles. The predicted molar refractivity (Wildman–Crippen MR) is 128 cm³/mol. The first-order valence-electron chi connectivity index (χ1n) is 10.2. The Kier molecular flexibility index (Phi) is 6.27. The second kappa shape index (κ2) is 9.79. The Labute approximate surface area is 191 Å². The Hall–Kier alpha value is -5.12. The Balaban J connectivity index is 2.05. The number of rotatable bonds is 6. The van der Waals surface area contributed by atoms with Crippen LogP contribution in [0.4, 0.5) is 5.82 Å². The second-order valence-electron chi connectivity index (χ2n) is 7.16. The van der Waals surface area contributed by atoms with Crippen molar-refractivity contribution in [1.29, 1.82) is 15.8 Å². The maximum Gasteiger partial charge on any atom is 0.237 e. The van der Waals surface area contributed by atoms with Gasteiger partial charge in [-0.2, -0.15) is 20.9 Å². The van der Waals surface area contributed by atoms with E-state index in [1.807, 2.05) is 95.6 Å². The summed E-state index contributed by atoms with van der Waals surface area (Å²) in [7, 11) is 0. The number of hydrogen-bond acceptors (Lipinski definition) is 5. The maximum absolute atomic E-state index is 10.2. The lowest BCUT2D eigenvalue weighted by atomic mass is 9.98. The topological polar surface area (TPSA) is 101 Å². The molecule has 0 atom stereocenters. The van der Waals surface area contributed by atoms with Crippen LogP contribution in [0.3, 0.4) is 0 Å². The molecule has 0 fully saturated rings. The molecule has 0 saturated carbocycles. The monoisotopic (exact) mass is 426 g/mol. The molecule has 3 aromatic carbocycles. The first-order chi connectivity index (χ1) is 16.3. The van der Waals surface area contributed by atoms with Gasteiger partial charge in [-0.25, -0.2) is 0 Å². The molecule has 0 unspecified atom stereocenters. The molecule has 33 heavy (non-hydrogen) atoms. The van der Waals surface area contributed by atoms with Gasteiger partial charge in [0.25, 0.3) is 0 Å². The zero-order valence-electron chi connectivity index (χ0n) is 17.6. The molecular formula is C27H18N6. The van der Waals surface area contributed by atoms with Crippen LogP contribution in [0.15, 0.2) is 96.1 Å². The van der Waals surface area contributed by atoms with Gasteiger partial charge in [-0.15, -0.1) is 0 Å². The van der Waals surface area contributed by atoms with Gasteiger partial charge in [0.05, 0.1) is 5.69 Å². The lowest BCUT2D eigenvalue weighted by Gasteiger charge is -2.14. The van der Waals surface area contributed by atoms with E-state index < -0.39 is 0 Å². The van der Waals surface area contributed by atoms with Crippen molar-refractivity contribution in [2.75, 3.05) is 5.43 Å². The molecule has 1 heterocycles. The summed E-state index contributed by atoms with van der Waals surface area (Å²) in [5.74, 6) is 0.419. The average Bonchev–Trinajstić information content (AvgIpc) is 3.19. The van der Waals surface area contributed by atoms with Gasteiger partial charge in [0.2, 0.25) is 5.71 Å². The normalized spacial score (nSPS) is 9.85.